The molecule has 3 aromatic heterocycles. The third-order valence-corrected chi connectivity index (χ3v) is 9.16. The van der Waals surface area contributed by atoms with Gasteiger partial charge in [0, 0.05) is 24.2 Å². The molecule has 2 aromatic carbocycles. The Morgan fingerprint density at radius 2 is 1.09 bits per heavy atom. The Morgan fingerprint density at radius 3 is 1.51 bits per heavy atom. The van der Waals surface area contributed by atoms with Crippen LogP contribution in [0.4, 0.5) is 0 Å². The Bertz CT molecular complexity index is 1480. The van der Waals surface area contributed by atoms with Crippen molar-refractivity contribution in [1.82, 2.24) is 20.6 Å². The fourth-order valence-corrected chi connectivity index (χ4v) is 7.23. The summed E-state index contributed by atoms with van der Waals surface area (Å²) in [6, 6.07) is 17.1. The first kappa shape index (κ1) is 24.1. The summed E-state index contributed by atoms with van der Waals surface area (Å²) in [5.74, 6) is 1.97. The third-order valence-electron chi connectivity index (χ3n) is 5.70. The number of rotatable bonds is 4. The number of hydrogen-bond acceptors (Lipinski definition) is 9. The van der Waals surface area contributed by atoms with Crippen LogP contribution in [0.15, 0.2) is 58.5 Å². The molecular formula is C24H20Cl2N6S3. The van der Waals surface area contributed by atoms with Gasteiger partial charge in [-0.25, -0.2) is 9.97 Å². The minimum atomic E-state index is 0. The molecule has 0 radical (unpaired) electrons. The van der Waals surface area contributed by atoms with Gasteiger partial charge in [-0.2, -0.15) is 0 Å². The lowest BCUT2D eigenvalue weighted by Crippen LogP contribution is -2.19. The maximum Gasteiger partial charge on any atom is 0.134 e. The zero-order chi connectivity index (χ0) is 21.8. The Balaban J connectivity index is 0.00000127. The van der Waals surface area contributed by atoms with Crippen LogP contribution in [0.5, 0.6) is 0 Å². The van der Waals surface area contributed by atoms with Crippen molar-refractivity contribution in [3.63, 3.8) is 0 Å². The number of nitrogens with zero attached hydrogens (tertiary/aromatic N) is 4. The van der Waals surface area contributed by atoms with E-state index in [1.165, 1.54) is 19.2 Å². The summed E-state index contributed by atoms with van der Waals surface area (Å²) < 4.78 is 2.37. The highest BCUT2D eigenvalue weighted by Gasteiger charge is 2.16. The minimum absolute atomic E-state index is 0. The van der Waals surface area contributed by atoms with E-state index in [-0.39, 0.29) is 24.8 Å². The number of hydrogen-bond donors (Lipinski definition) is 2. The normalized spacial score (nSPS) is 14.7. The van der Waals surface area contributed by atoms with Gasteiger partial charge >= 0.3 is 0 Å². The lowest BCUT2D eigenvalue weighted by Gasteiger charge is -2.01. The van der Waals surface area contributed by atoms with Crippen LogP contribution >= 0.6 is 58.8 Å². The van der Waals surface area contributed by atoms with Crippen molar-refractivity contribution in [2.24, 2.45) is 9.98 Å². The highest BCUT2D eigenvalue weighted by Crippen LogP contribution is 2.40. The first-order valence-electron chi connectivity index (χ1n) is 10.8. The van der Waals surface area contributed by atoms with Gasteiger partial charge in [0.05, 0.1) is 43.3 Å². The maximum atomic E-state index is 4.89. The SMILES string of the molecule is Cl.Cl.c1cc2nc(-c3ccc(-c4nc5ccc(C6=NCCN6)cc5s4)s3)sc2cc1C1=NCCN1. The molecule has 2 aliphatic rings. The standard InChI is InChI=1S/C24H18N6S3.2ClH/c1-3-15-19(11-13(1)21-25-7-8-26-21)32-23(29-15)17-5-6-18(31-17)24-30-16-4-2-14(12-20(16)33-24)22-27-9-10-28-22;;/h1-6,11-12H,7-10H2,(H,25,26)(H,27,28);2*1H. The first-order valence-corrected chi connectivity index (χ1v) is 13.2. The largest absolute Gasteiger partial charge is 0.368 e. The van der Waals surface area contributed by atoms with Crippen LogP contribution in [0.3, 0.4) is 0 Å². The van der Waals surface area contributed by atoms with Gasteiger partial charge in [-0.15, -0.1) is 58.8 Å². The fourth-order valence-electron chi connectivity index (χ4n) is 4.10. The second-order valence-corrected chi connectivity index (χ2v) is 11.0. The molecule has 0 saturated heterocycles. The van der Waals surface area contributed by atoms with Gasteiger partial charge in [-0.3, -0.25) is 9.98 Å². The number of amidine groups is 2. The highest BCUT2D eigenvalue weighted by atomic mass is 35.5. The Labute approximate surface area is 226 Å². The minimum Gasteiger partial charge on any atom is -0.368 e. The number of aromatic nitrogens is 2. The van der Waals surface area contributed by atoms with Gasteiger partial charge in [-0.1, -0.05) is 0 Å². The average Bonchev–Trinajstić information content (AvgIpc) is 3.68. The van der Waals surface area contributed by atoms with E-state index in [4.69, 9.17) is 9.97 Å². The van der Waals surface area contributed by atoms with Crippen molar-refractivity contribution in [3.05, 3.63) is 59.7 Å². The third kappa shape index (κ3) is 4.43. The molecule has 5 heterocycles. The first-order chi connectivity index (χ1) is 16.3. The predicted molar refractivity (Wildman–Crippen MR) is 155 cm³/mol. The van der Waals surface area contributed by atoms with E-state index in [0.29, 0.717) is 0 Å². The zero-order valence-electron chi connectivity index (χ0n) is 18.3. The van der Waals surface area contributed by atoms with Gasteiger partial charge in [0.2, 0.25) is 0 Å². The highest BCUT2D eigenvalue weighted by molar-refractivity contribution is 7.29. The second kappa shape index (κ2) is 9.83. The topological polar surface area (TPSA) is 74.6 Å². The lowest BCUT2D eigenvalue weighted by molar-refractivity contribution is 0.960. The molecule has 2 N–H and O–H groups in total. The molecule has 0 fully saturated rings. The number of fused-ring (bicyclic) bond motifs is 2. The summed E-state index contributed by atoms with van der Waals surface area (Å²) in [6.45, 7) is 3.52. The summed E-state index contributed by atoms with van der Waals surface area (Å²) in [7, 11) is 0. The van der Waals surface area contributed by atoms with Crippen molar-refractivity contribution >= 4 is 90.9 Å². The molecular weight excluding hydrogens is 539 g/mol. The molecule has 0 aliphatic carbocycles. The molecule has 0 bridgehead atoms. The van der Waals surface area contributed by atoms with E-state index in [0.717, 1.165) is 70.0 Å². The Kier molecular flexibility index (Phi) is 6.78. The van der Waals surface area contributed by atoms with Crippen LogP contribution in [0.25, 0.3) is 40.2 Å². The van der Waals surface area contributed by atoms with Gasteiger partial charge in [0.1, 0.15) is 21.7 Å². The Hall–Kier alpha value is -2.56. The van der Waals surface area contributed by atoms with E-state index < -0.39 is 0 Å². The van der Waals surface area contributed by atoms with Crippen LogP contribution in [0.1, 0.15) is 11.1 Å². The molecule has 0 unspecified atom stereocenters. The molecule has 0 spiro atoms. The van der Waals surface area contributed by atoms with Gasteiger partial charge < -0.3 is 10.6 Å². The number of thiophene rings is 1. The van der Waals surface area contributed by atoms with Crippen molar-refractivity contribution in [3.8, 4) is 19.8 Å². The number of aliphatic imine (C=N–C) groups is 2. The van der Waals surface area contributed by atoms with E-state index in [2.05, 4.69) is 69.1 Å². The Morgan fingerprint density at radius 1 is 0.600 bits per heavy atom. The molecule has 2 aliphatic heterocycles. The average molecular weight is 560 g/mol. The maximum absolute atomic E-state index is 4.89. The summed E-state index contributed by atoms with van der Waals surface area (Å²) in [6.07, 6.45) is 0. The van der Waals surface area contributed by atoms with Crippen LogP contribution in [0, 0.1) is 0 Å². The molecule has 35 heavy (non-hydrogen) atoms. The van der Waals surface area contributed by atoms with Crippen molar-refractivity contribution in [1.29, 1.82) is 0 Å². The van der Waals surface area contributed by atoms with Crippen LogP contribution in [-0.4, -0.2) is 47.8 Å². The lowest BCUT2D eigenvalue weighted by atomic mass is 10.2. The second-order valence-electron chi connectivity index (χ2n) is 7.88. The summed E-state index contributed by atoms with van der Waals surface area (Å²) >= 11 is 5.22. The smallest absolute Gasteiger partial charge is 0.134 e. The number of nitrogens with one attached hydrogen (secondary N) is 2. The molecule has 11 heteroatoms. The zero-order valence-corrected chi connectivity index (χ0v) is 22.4. The van der Waals surface area contributed by atoms with Crippen molar-refractivity contribution in [2.75, 3.05) is 26.2 Å². The van der Waals surface area contributed by atoms with Gasteiger partial charge in [-0.05, 0) is 48.5 Å². The molecule has 7 rings (SSSR count). The van der Waals surface area contributed by atoms with Crippen LogP contribution < -0.4 is 10.6 Å². The monoisotopic (exact) mass is 558 g/mol. The molecule has 0 atom stereocenters. The summed E-state index contributed by atoms with van der Waals surface area (Å²) in [4.78, 5) is 21.2. The van der Waals surface area contributed by atoms with E-state index in [9.17, 15) is 0 Å². The summed E-state index contributed by atoms with van der Waals surface area (Å²) in [5, 5.41) is 8.80. The molecule has 0 amide bonds. The van der Waals surface area contributed by atoms with Crippen molar-refractivity contribution < 1.29 is 0 Å². The van der Waals surface area contributed by atoms with Crippen LogP contribution in [-0.2, 0) is 0 Å². The predicted octanol–water partition coefficient (Wildman–Crippen LogP) is 5.84. The number of benzene rings is 2. The number of halogens is 2. The molecule has 178 valence electrons. The van der Waals surface area contributed by atoms with E-state index in [1.807, 2.05) is 0 Å². The molecule has 0 saturated carbocycles. The van der Waals surface area contributed by atoms with Crippen LogP contribution in [0.2, 0.25) is 0 Å². The summed E-state index contributed by atoms with van der Waals surface area (Å²) in [5.41, 5.74) is 4.33. The fraction of sp³-hybridized carbons (Fsp3) is 0.167. The van der Waals surface area contributed by atoms with E-state index >= 15 is 0 Å². The van der Waals surface area contributed by atoms with Gasteiger partial charge in [0.25, 0.3) is 0 Å². The quantitative estimate of drug-likeness (QED) is 0.290. The molecule has 6 nitrogen and oxygen atoms in total. The molecule has 5 aromatic rings. The van der Waals surface area contributed by atoms with Crippen molar-refractivity contribution in [2.45, 2.75) is 0 Å². The van der Waals surface area contributed by atoms with E-state index in [1.54, 1.807) is 34.0 Å². The van der Waals surface area contributed by atoms with Gasteiger partial charge in [0.15, 0.2) is 0 Å². The number of thiazole rings is 2.